The van der Waals surface area contributed by atoms with Gasteiger partial charge < -0.3 is 5.11 Å². The standard InChI is InChI=1S/C13H15ClN2O/c1-2-9-16-12(7-8-15-16)13(17)10-5-3-4-6-11(10)14/h3-8,13,17H,2,9H2,1H3. The summed E-state index contributed by atoms with van der Waals surface area (Å²) in [5, 5.41) is 15.1. The summed E-state index contributed by atoms with van der Waals surface area (Å²) in [4.78, 5) is 0. The number of aliphatic hydroxyl groups excluding tert-OH is 1. The molecule has 2 aromatic rings. The molecule has 0 aliphatic rings. The van der Waals surface area contributed by atoms with Crippen LogP contribution in [-0.4, -0.2) is 14.9 Å². The predicted octanol–water partition coefficient (Wildman–Crippen LogP) is 3.03. The number of benzene rings is 1. The summed E-state index contributed by atoms with van der Waals surface area (Å²) in [5.74, 6) is 0. The van der Waals surface area contributed by atoms with Gasteiger partial charge in [0.25, 0.3) is 0 Å². The first-order chi connectivity index (χ1) is 8.24. The first-order valence-corrected chi connectivity index (χ1v) is 6.06. The van der Waals surface area contributed by atoms with E-state index in [0.717, 1.165) is 18.7 Å². The number of halogens is 1. The average molecular weight is 251 g/mol. The summed E-state index contributed by atoms with van der Waals surface area (Å²) in [5.41, 5.74) is 1.49. The van der Waals surface area contributed by atoms with Crippen molar-refractivity contribution in [3.63, 3.8) is 0 Å². The number of aromatic nitrogens is 2. The minimum Gasteiger partial charge on any atom is -0.382 e. The lowest BCUT2D eigenvalue weighted by Gasteiger charge is -2.14. The van der Waals surface area contributed by atoms with Gasteiger partial charge in [0.2, 0.25) is 0 Å². The van der Waals surface area contributed by atoms with E-state index in [1.165, 1.54) is 0 Å². The molecular weight excluding hydrogens is 236 g/mol. The summed E-state index contributed by atoms with van der Waals surface area (Å²) in [6.45, 7) is 2.87. The summed E-state index contributed by atoms with van der Waals surface area (Å²) >= 11 is 6.08. The smallest absolute Gasteiger partial charge is 0.122 e. The lowest BCUT2D eigenvalue weighted by atomic mass is 10.1. The molecule has 3 nitrogen and oxygen atoms in total. The van der Waals surface area contributed by atoms with Gasteiger partial charge in [-0.1, -0.05) is 36.7 Å². The van der Waals surface area contributed by atoms with Gasteiger partial charge in [0.1, 0.15) is 6.10 Å². The van der Waals surface area contributed by atoms with E-state index >= 15 is 0 Å². The SMILES string of the molecule is CCCn1nccc1C(O)c1ccccc1Cl. The van der Waals surface area contributed by atoms with Crippen molar-refractivity contribution in [2.75, 3.05) is 0 Å². The fourth-order valence-corrected chi connectivity index (χ4v) is 2.07. The number of aliphatic hydroxyl groups is 1. The number of aryl methyl sites for hydroxylation is 1. The molecule has 0 saturated carbocycles. The van der Waals surface area contributed by atoms with Gasteiger partial charge in [-0.2, -0.15) is 5.10 Å². The monoisotopic (exact) mass is 250 g/mol. The molecular formula is C13H15ClN2O. The first-order valence-electron chi connectivity index (χ1n) is 5.68. The van der Waals surface area contributed by atoms with E-state index in [-0.39, 0.29) is 0 Å². The second-order valence-corrected chi connectivity index (χ2v) is 4.31. The van der Waals surface area contributed by atoms with E-state index in [1.54, 1.807) is 12.3 Å². The number of nitrogens with zero attached hydrogens (tertiary/aromatic N) is 2. The Bertz CT molecular complexity index is 496. The van der Waals surface area contributed by atoms with Gasteiger partial charge in [-0.3, -0.25) is 4.68 Å². The Morgan fingerprint density at radius 3 is 2.82 bits per heavy atom. The van der Waals surface area contributed by atoms with Crippen molar-refractivity contribution < 1.29 is 5.11 Å². The van der Waals surface area contributed by atoms with E-state index in [1.807, 2.05) is 28.9 Å². The predicted molar refractivity (Wildman–Crippen MR) is 68.0 cm³/mol. The molecule has 0 amide bonds. The highest BCUT2D eigenvalue weighted by molar-refractivity contribution is 6.31. The van der Waals surface area contributed by atoms with Crippen LogP contribution < -0.4 is 0 Å². The third-order valence-corrected chi connectivity index (χ3v) is 3.01. The van der Waals surface area contributed by atoms with Crippen LogP contribution >= 0.6 is 11.6 Å². The summed E-state index contributed by atoms with van der Waals surface area (Å²) in [6.07, 6.45) is 1.95. The Kier molecular flexibility index (Phi) is 3.82. The Morgan fingerprint density at radius 1 is 1.35 bits per heavy atom. The van der Waals surface area contributed by atoms with Crippen molar-refractivity contribution in [2.45, 2.75) is 26.0 Å². The quantitative estimate of drug-likeness (QED) is 0.906. The molecule has 0 radical (unpaired) electrons. The van der Waals surface area contributed by atoms with Crippen molar-refractivity contribution in [2.24, 2.45) is 0 Å². The fraction of sp³-hybridized carbons (Fsp3) is 0.308. The maximum Gasteiger partial charge on any atom is 0.122 e. The van der Waals surface area contributed by atoms with Crippen molar-refractivity contribution in [1.29, 1.82) is 0 Å². The van der Waals surface area contributed by atoms with Gasteiger partial charge in [-0.25, -0.2) is 0 Å². The zero-order valence-electron chi connectivity index (χ0n) is 9.68. The molecule has 1 N–H and O–H groups in total. The van der Waals surface area contributed by atoms with Crippen LogP contribution in [0.3, 0.4) is 0 Å². The molecule has 0 spiro atoms. The van der Waals surface area contributed by atoms with Crippen LogP contribution in [0.5, 0.6) is 0 Å². The second kappa shape index (κ2) is 5.34. The molecule has 0 aliphatic carbocycles. The molecule has 0 aliphatic heterocycles. The average Bonchev–Trinajstić information content (AvgIpc) is 2.78. The number of rotatable bonds is 4. The summed E-state index contributed by atoms with van der Waals surface area (Å²) in [6, 6.07) is 9.15. The Morgan fingerprint density at radius 2 is 2.12 bits per heavy atom. The molecule has 1 aromatic carbocycles. The molecule has 1 heterocycles. The lowest BCUT2D eigenvalue weighted by Crippen LogP contribution is -2.10. The Hall–Kier alpha value is -1.32. The van der Waals surface area contributed by atoms with Crippen LogP contribution in [0.2, 0.25) is 5.02 Å². The second-order valence-electron chi connectivity index (χ2n) is 3.90. The van der Waals surface area contributed by atoms with Gasteiger partial charge in [-0.05, 0) is 18.6 Å². The molecule has 0 fully saturated rings. The highest BCUT2D eigenvalue weighted by Crippen LogP contribution is 2.27. The normalized spacial score (nSPS) is 12.6. The number of hydrogen-bond donors (Lipinski definition) is 1. The molecule has 1 unspecified atom stereocenters. The van der Waals surface area contributed by atoms with Gasteiger partial charge in [0, 0.05) is 23.3 Å². The van der Waals surface area contributed by atoms with Crippen molar-refractivity contribution in [3.05, 3.63) is 52.8 Å². The van der Waals surface area contributed by atoms with Gasteiger partial charge in [0.05, 0.1) is 5.69 Å². The van der Waals surface area contributed by atoms with E-state index in [4.69, 9.17) is 11.6 Å². The number of hydrogen-bond acceptors (Lipinski definition) is 2. The zero-order valence-corrected chi connectivity index (χ0v) is 10.4. The van der Waals surface area contributed by atoms with Gasteiger partial charge in [0.15, 0.2) is 0 Å². The van der Waals surface area contributed by atoms with Crippen LogP contribution in [0.1, 0.15) is 30.7 Å². The molecule has 0 saturated heterocycles. The molecule has 1 aromatic heterocycles. The van der Waals surface area contributed by atoms with Crippen LogP contribution in [0.25, 0.3) is 0 Å². The van der Waals surface area contributed by atoms with E-state index < -0.39 is 6.10 Å². The van der Waals surface area contributed by atoms with E-state index in [0.29, 0.717) is 10.6 Å². The first kappa shape index (κ1) is 12.1. The molecule has 1 atom stereocenters. The minimum absolute atomic E-state index is 0.573. The maximum absolute atomic E-state index is 10.3. The molecule has 17 heavy (non-hydrogen) atoms. The minimum atomic E-state index is -0.724. The van der Waals surface area contributed by atoms with E-state index in [9.17, 15) is 5.11 Å². The largest absolute Gasteiger partial charge is 0.382 e. The van der Waals surface area contributed by atoms with Crippen molar-refractivity contribution in [3.8, 4) is 0 Å². The van der Waals surface area contributed by atoms with Crippen molar-refractivity contribution >= 4 is 11.6 Å². The third kappa shape index (κ3) is 2.51. The van der Waals surface area contributed by atoms with E-state index in [2.05, 4.69) is 12.0 Å². The lowest BCUT2D eigenvalue weighted by molar-refractivity contribution is 0.207. The fourth-order valence-electron chi connectivity index (χ4n) is 1.83. The van der Waals surface area contributed by atoms with Crippen molar-refractivity contribution in [1.82, 2.24) is 9.78 Å². The molecule has 2 rings (SSSR count). The third-order valence-electron chi connectivity index (χ3n) is 2.66. The molecule has 0 bridgehead atoms. The van der Waals surface area contributed by atoms with Crippen LogP contribution in [0.15, 0.2) is 36.5 Å². The Balaban J connectivity index is 2.34. The van der Waals surface area contributed by atoms with Crippen LogP contribution in [0, 0.1) is 0 Å². The Labute approximate surface area is 106 Å². The highest BCUT2D eigenvalue weighted by Gasteiger charge is 2.17. The zero-order chi connectivity index (χ0) is 12.3. The molecule has 4 heteroatoms. The van der Waals surface area contributed by atoms with Crippen LogP contribution in [-0.2, 0) is 6.54 Å². The highest BCUT2D eigenvalue weighted by atomic mass is 35.5. The summed E-state index contributed by atoms with van der Waals surface area (Å²) < 4.78 is 1.81. The van der Waals surface area contributed by atoms with Gasteiger partial charge in [-0.15, -0.1) is 0 Å². The van der Waals surface area contributed by atoms with Gasteiger partial charge >= 0.3 is 0 Å². The molecule has 90 valence electrons. The summed E-state index contributed by atoms with van der Waals surface area (Å²) in [7, 11) is 0. The topological polar surface area (TPSA) is 38.0 Å². The maximum atomic E-state index is 10.3. The van der Waals surface area contributed by atoms with Crippen LogP contribution in [0.4, 0.5) is 0 Å².